The van der Waals surface area contributed by atoms with Crippen LogP contribution in [-0.2, 0) is 0 Å². The number of benzene rings is 1. The van der Waals surface area contributed by atoms with Crippen molar-refractivity contribution in [3.8, 4) is 12.3 Å². The lowest BCUT2D eigenvalue weighted by Gasteiger charge is -2.28. The molecule has 0 aromatic heterocycles. The van der Waals surface area contributed by atoms with Crippen LogP contribution in [0.5, 0.6) is 0 Å². The van der Waals surface area contributed by atoms with Gasteiger partial charge in [-0.05, 0) is 40.7 Å². The molecule has 1 aliphatic carbocycles. The van der Waals surface area contributed by atoms with Crippen LogP contribution < -0.4 is 10.6 Å². The van der Waals surface area contributed by atoms with Gasteiger partial charge in [0, 0.05) is 11.8 Å². The van der Waals surface area contributed by atoms with E-state index in [0.717, 1.165) is 6.42 Å². The Morgan fingerprint density at radius 1 is 1.22 bits per heavy atom. The fraction of sp³-hybridized carbons (Fsp3) is 0.333. The van der Waals surface area contributed by atoms with Crippen LogP contribution in [0.25, 0.3) is 0 Å². The molecule has 18 heavy (non-hydrogen) atoms. The summed E-state index contributed by atoms with van der Waals surface area (Å²) in [6, 6.07) is 4.46. The number of hydrogen-bond donors (Lipinski definition) is 0. The molecule has 0 amide bonds. The van der Waals surface area contributed by atoms with E-state index in [-0.39, 0.29) is 5.92 Å². The van der Waals surface area contributed by atoms with Gasteiger partial charge < -0.3 is 0 Å². The summed E-state index contributed by atoms with van der Waals surface area (Å²) in [4.78, 5) is 0. The minimum atomic E-state index is 0.262. The normalized spacial score (nSPS) is 26.9. The van der Waals surface area contributed by atoms with E-state index in [4.69, 9.17) is 6.42 Å². The van der Waals surface area contributed by atoms with Crippen LogP contribution in [0.3, 0.4) is 0 Å². The van der Waals surface area contributed by atoms with Crippen molar-refractivity contribution in [2.45, 2.75) is 24.9 Å². The predicted molar refractivity (Wildman–Crippen MR) is 92.2 cm³/mol. The molecule has 0 spiro atoms. The van der Waals surface area contributed by atoms with Gasteiger partial charge in [0.05, 0.1) is 0 Å². The molecule has 1 aromatic carbocycles. The van der Waals surface area contributed by atoms with Crippen LogP contribution >= 0.6 is 27.7 Å². The van der Waals surface area contributed by atoms with Crippen molar-refractivity contribution in [2.24, 2.45) is 5.92 Å². The van der Waals surface area contributed by atoms with Gasteiger partial charge >= 0.3 is 0 Å². The Balaban J connectivity index is 2.38. The average Bonchev–Trinajstić information content (AvgIpc) is 2.27. The largest absolute Gasteiger partial charge is 0.133 e. The Bertz CT molecular complexity index is 502. The lowest BCUT2D eigenvalue weighted by Crippen LogP contribution is -2.24. The quantitative estimate of drug-likeness (QED) is 0.424. The zero-order valence-electron chi connectivity index (χ0n) is 10.6. The first-order valence-corrected chi connectivity index (χ1v) is 7.90. The summed E-state index contributed by atoms with van der Waals surface area (Å²) in [5.41, 5.74) is 3.19. The molecular weight excluding hydrogens is 273 g/mol. The highest BCUT2D eigenvalue weighted by atomic mass is 31.0. The average molecular weight is 292 g/mol. The summed E-state index contributed by atoms with van der Waals surface area (Å²) in [6.07, 6.45) is 11.1. The van der Waals surface area contributed by atoms with E-state index in [1.54, 1.807) is 0 Å². The highest BCUT2D eigenvalue weighted by Crippen LogP contribution is 2.34. The first-order valence-electron chi connectivity index (χ1n) is 6.08. The Hall–Kier alpha value is -0.190. The molecule has 0 heterocycles. The number of hydrogen-bond acceptors (Lipinski definition) is 0. The maximum atomic E-state index is 5.53. The molecule has 94 valence electrons. The minimum Gasteiger partial charge on any atom is -0.133 e. The summed E-state index contributed by atoms with van der Waals surface area (Å²) in [5.74, 6) is 3.58. The van der Waals surface area contributed by atoms with Gasteiger partial charge in [-0.1, -0.05) is 30.2 Å². The third-order valence-electron chi connectivity index (χ3n) is 3.49. The molecule has 6 unspecified atom stereocenters. The van der Waals surface area contributed by atoms with E-state index in [1.165, 1.54) is 21.7 Å². The molecule has 0 N–H and O–H groups in total. The van der Waals surface area contributed by atoms with E-state index in [1.807, 2.05) is 0 Å². The molecule has 0 saturated carbocycles. The number of allylic oxidation sites excluding steroid dienone is 2. The summed E-state index contributed by atoms with van der Waals surface area (Å²) in [6.45, 7) is 2.13. The van der Waals surface area contributed by atoms with Crippen molar-refractivity contribution in [2.75, 3.05) is 0 Å². The standard InChI is InChI=1S/C15H19P3/c1-3-10-4-5-11(8-12(10)16)15-13(17)6-9(2)7-14(15)18/h1,4-7,10-12H,8,16-18H2,2H3. The highest BCUT2D eigenvalue weighted by molar-refractivity contribution is 7.29. The monoisotopic (exact) mass is 292 g/mol. The van der Waals surface area contributed by atoms with E-state index in [0.29, 0.717) is 11.6 Å². The molecule has 3 heteroatoms. The zero-order valence-corrected chi connectivity index (χ0v) is 14.0. The topological polar surface area (TPSA) is 0 Å². The molecule has 0 radical (unpaired) electrons. The van der Waals surface area contributed by atoms with Gasteiger partial charge in [-0.2, -0.15) is 0 Å². The number of aryl methyl sites for hydroxylation is 1. The van der Waals surface area contributed by atoms with Crippen LogP contribution in [0.1, 0.15) is 23.5 Å². The molecule has 0 nitrogen and oxygen atoms in total. The van der Waals surface area contributed by atoms with Gasteiger partial charge in [-0.25, -0.2) is 0 Å². The molecule has 0 fully saturated rings. The Labute approximate surface area is 117 Å². The highest BCUT2D eigenvalue weighted by Gasteiger charge is 2.24. The molecule has 6 atom stereocenters. The van der Waals surface area contributed by atoms with E-state index in [9.17, 15) is 0 Å². The first-order chi connectivity index (χ1) is 8.52. The maximum Gasteiger partial charge on any atom is 0.0443 e. The van der Waals surface area contributed by atoms with Gasteiger partial charge in [0.1, 0.15) is 0 Å². The molecule has 1 aliphatic rings. The van der Waals surface area contributed by atoms with E-state index >= 15 is 0 Å². The lowest BCUT2D eigenvalue weighted by molar-refractivity contribution is 0.612. The van der Waals surface area contributed by atoms with Gasteiger partial charge in [0.2, 0.25) is 0 Å². The van der Waals surface area contributed by atoms with Gasteiger partial charge in [-0.15, -0.1) is 34.1 Å². The Morgan fingerprint density at radius 3 is 2.33 bits per heavy atom. The molecule has 2 rings (SSSR count). The fourth-order valence-electron chi connectivity index (χ4n) is 2.59. The molecule has 0 aliphatic heterocycles. The maximum absolute atomic E-state index is 5.53. The van der Waals surface area contributed by atoms with Crippen molar-refractivity contribution in [1.82, 2.24) is 0 Å². The van der Waals surface area contributed by atoms with Crippen molar-refractivity contribution in [3.05, 3.63) is 35.4 Å². The predicted octanol–water partition coefficient (Wildman–Crippen LogP) is 2.53. The number of rotatable bonds is 1. The second-order valence-electron chi connectivity index (χ2n) is 4.94. The molecule has 0 bridgehead atoms. The van der Waals surface area contributed by atoms with Gasteiger partial charge in [0.25, 0.3) is 0 Å². The minimum absolute atomic E-state index is 0.262. The van der Waals surface area contributed by atoms with Crippen molar-refractivity contribution < 1.29 is 0 Å². The van der Waals surface area contributed by atoms with Crippen LogP contribution in [0.4, 0.5) is 0 Å². The van der Waals surface area contributed by atoms with Crippen molar-refractivity contribution >= 4 is 38.3 Å². The molecule has 1 aromatic rings. The second kappa shape index (κ2) is 5.85. The summed E-state index contributed by atoms with van der Waals surface area (Å²) in [5, 5.41) is 2.59. The smallest absolute Gasteiger partial charge is 0.0443 e. The van der Waals surface area contributed by atoms with E-state index in [2.05, 4.69) is 64.8 Å². The van der Waals surface area contributed by atoms with Gasteiger partial charge in [-0.3, -0.25) is 0 Å². The third kappa shape index (κ3) is 2.86. The summed E-state index contributed by atoms with van der Waals surface area (Å²) in [7, 11) is 8.63. The second-order valence-corrected chi connectivity index (χ2v) is 7.04. The Kier molecular flexibility index (Phi) is 4.62. The SMILES string of the molecule is C#CC1C=CC(c2c(P)cc(C)cc2P)CC1P. The summed E-state index contributed by atoms with van der Waals surface area (Å²) < 4.78 is 0. The zero-order chi connectivity index (χ0) is 13.3. The molecular formula is C15H19P3. The Morgan fingerprint density at radius 2 is 1.83 bits per heavy atom. The van der Waals surface area contributed by atoms with Crippen LogP contribution in [0.15, 0.2) is 24.3 Å². The third-order valence-corrected chi connectivity index (χ3v) is 5.13. The van der Waals surface area contributed by atoms with Crippen LogP contribution in [0.2, 0.25) is 0 Å². The van der Waals surface area contributed by atoms with Gasteiger partial charge in [0.15, 0.2) is 0 Å². The fourth-order valence-corrected chi connectivity index (χ4v) is 4.58. The van der Waals surface area contributed by atoms with Crippen molar-refractivity contribution in [3.63, 3.8) is 0 Å². The van der Waals surface area contributed by atoms with E-state index < -0.39 is 0 Å². The first kappa shape index (κ1) is 14.2. The van der Waals surface area contributed by atoms with Crippen molar-refractivity contribution in [1.29, 1.82) is 0 Å². The lowest BCUT2D eigenvalue weighted by atomic mass is 9.84. The summed E-state index contributed by atoms with van der Waals surface area (Å²) >= 11 is 0. The van der Waals surface area contributed by atoms with Crippen LogP contribution in [0, 0.1) is 25.2 Å². The number of terminal acetylenes is 1. The van der Waals surface area contributed by atoms with Crippen LogP contribution in [-0.4, -0.2) is 5.66 Å². The molecule has 0 saturated heterocycles.